The molecule has 1 heterocycles. The Hall–Kier alpha value is -1.32. The molecule has 0 spiro atoms. The highest BCUT2D eigenvalue weighted by Crippen LogP contribution is 2.28. The van der Waals surface area contributed by atoms with E-state index in [1.807, 2.05) is 0 Å². The Labute approximate surface area is 116 Å². The summed E-state index contributed by atoms with van der Waals surface area (Å²) < 4.78 is 0. The Morgan fingerprint density at radius 1 is 1.11 bits per heavy atom. The molecular weight excluding hydrogens is 236 g/mol. The minimum Gasteiger partial charge on any atom is -0.370 e. The highest BCUT2D eigenvalue weighted by molar-refractivity contribution is 5.57. The van der Waals surface area contributed by atoms with Crippen LogP contribution < -0.4 is 10.6 Å². The van der Waals surface area contributed by atoms with Gasteiger partial charge in [-0.05, 0) is 31.6 Å². The van der Waals surface area contributed by atoms with E-state index in [4.69, 9.17) is 0 Å². The molecular formula is C15H26N4. The number of anilines is 2. The molecule has 0 aliphatic heterocycles. The van der Waals surface area contributed by atoms with Crippen LogP contribution in [0.1, 0.15) is 51.5 Å². The fourth-order valence-electron chi connectivity index (χ4n) is 2.39. The number of hydrogen-bond acceptors (Lipinski definition) is 4. The third kappa shape index (κ3) is 3.82. The van der Waals surface area contributed by atoms with Crippen molar-refractivity contribution in [1.29, 1.82) is 0 Å². The van der Waals surface area contributed by atoms with E-state index in [2.05, 4.69) is 34.4 Å². The number of nitrogens with zero attached hydrogens (tertiary/aromatic N) is 2. The van der Waals surface area contributed by atoms with Crippen LogP contribution in [0.4, 0.5) is 11.6 Å². The Morgan fingerprint density at radius 3 is 2.42 bits per heavy atom. The van der Waals surface area contributed by atoms with Crippen LogP contribution in [-0.4, -0.2) is 23.1 Å². The lowest BCUT2D eigenvalue weighted by Crippen LogP contribution is -2.22. The lowest BCUT2D eigenvalue weighted by atomic mass is 9.85. The fourth-order valence-corrected chi connectivity index (χ4v) is 2.39. The summed E-state index contributed by atoms with van der Waals surface area (Å²) in [4.78, 5) is 8.83. The van der Waals surface area contributed by atoms with E-state index in [0.29, 0.717) is 0 Å². The molecule has 4 nitrogen and oxygen atoms in total. The number of hydrogen-bond donors (Lipinski definition) is 2. The third-order valence-electron chi connectivity index (χ3n) is 3.77. The molecule has 1 saturated carbocycles. The zero-order chi connectivity index (χ0) is 13.5. The molecule has 2 rings (SSSR count). The van der Waals surface area contributed by atoms with Crippen molar-refractivity contribution >= 4 is 11.6 Å². The molecule has 0 atom stereocenters. The van der Waals surface area contributed by atoms with Crippen molar-refractivity contribution < 1.29 is 0 Å². The normalized spacial score (nSPS) is 15.1. The quantitative estimate of drug-likeness (QED) is 0.753. The van der Waals surface area contributed by atoms with Crippen molar-refractivity contribution in [2.45, 2.75) is 52.4 Å². The summed E-state index contributed by atoms with van der Waals surface area (Å²) in [6.45, 7) is 6.40. The fraction of sp³-hybridized carbons (Fsp3) is 0.733. The lowest BCUT2D eigenvalue weighted by Gasteiger charge is -2.26. The first-order valence-electron chi connectivity index (χ1n) is 7.66. The van der Waals surface area contributed by atoms with Crippen LogP contribution in [0, 0.1) is 5.92 Å². The standard InChI is InChI=1S/C15H26N4/c1-3-6-13-14(16-9-4-2)18-11-19-15(13)17-10-12-7-5-8-12/h11-12H,3-10H2,1-2H3,(H2,16,17,18,19). The summed E-state index contributed by atoms with van der Waals surface area (Å²) >= 11 is 0. The van der Waals surface area contributed by atoms with Gasteiger partial charge in [0.25, 0.3) is 0 Å². The van der Waals surface area contributed by atoms with Crippen molar-refractivity contribution in [3.8, 4) is 0 Å². The number of aromatic nitrogens is 2. The minimum absolute atomic E-state index is 0.844. The first kappa shape index (κ1) is 14.1. The van der Waals surface area contributed by atoms with E-state index in [1.165, 1.54) is 24.8 Å². The highest BCUT2D eigenvalue weighted by Gasteiger charge is 2.18. The number of nitrogens with one attached hydrogen (secondary N) is 2. The van der Waals surface area contributed by atoms with Gasteiger partial charge in [0.05, 0.1) is 0 Å². The van der Waals surface area contributed by atoms with E-state index in [1.54, 1.807) is 6.33 Å². The van der Waals surface area contributed by atoms with E-state index < -0.39 is 0 Å². The van der Waals surface area contributed by atoms with Crippen molar-refractivity contribution in [2.75, 3.05) is 23.7 Å². The van der Waals surface area contributed by atoms with Crippen molar-refractivity contribution in [3.63, 3.8) is 0 Å². The van der Waals surface area contributed by atoms with Gasteiger partial charge in [0.15, 0.2) is 0 Å². The average molecular weight is 262 g/mol. The van der Waals surface area contributed by atoms with E-state index in [-0.39, 0.29) is 0 Å². The summed E-state index contributed by atoms with van der Waals surface area (Å²) in [5, 5.41) is 6.94. The zero-order valence-corrected chi connectivity index (χ0v) is 12.2. The lowest BCUT2D eigenvalue weighted by molar-refractivity contribution is 0.333. The zero-order valence-electron chi connectivity index (χ0n) is 12.2. The Bertz CT molecular complexity index is 388. The van der Waals surface area contributed by atoms with Crippen LogP contribution in [0.3, 0.4) is 0 Å². The molecule has 4 heteroatoms. The van der Waals surface area contributed by atoms with Gasteiger partial charge in [0.1, 0.15) is 18.0 Å². The van der Waals surface area contributed by atoms with Crippen LogP contribution in [0.5, 0.6) is 0 Å². The molecule has 0 amide bonds. The molecule has 2 N–H and O–H groups in total. The van der Waals surface area contributed by atoms with Crippen molar-refractivity contribution in [3.05, 3.63) is 11.9 Å². The molecule has 19 heavy (non-hydrogen) atoms. The third-order valence-corrected chi connectivity index (χ3v) is 3.77. The molecule has 1 fully saturated rings. The first-order chi connectivity index (χ1) is 9.35. The predicted molar refractivity (Wildman–Crippen MR) is 80.6 cm³/mol. The SMILES string of the molecule is CCCNc1ncnc(NCC2CCC2)c1CCC. The Kier molecular flexibility index (Phi) is 5.43. The van der Waals surface area contributed by atoms with Crippen LogP contribution in [-0.2, 0) is 6.42 Å². The van der Waals surface area contributed by atoms with Gasteiger partial charge in [0.2, 0.25) is 0 Å². The molecule has 0 unspecified atom stereocenters. The Balaban J connectivity index is 2.05. The van der Waals surface area contributed by atoms with Crippen LogP contribution >= 0.6 is 0 Å². The second-order valence-corrected chi connectivity index (χ2v) is 5.40. The van der Waals surface area contributed by atoms with Gasteiger partial charge in [-0.3, -0.25) is 0 Å². The van der Waals surface area contributed by atoms with E-state index in [9.17, 15) is 0 Å². The summed E-state index contributed by atoms with van der Waals surface area (Å²) in [5.74, 6) is 2.88. The molecule has 0 saturated heterocycles. The molecule has 106 valence electrons. The summed E-state index contributed by atoms with van der Waals surface area (Å²) in [6.07, 6.45) is 9.04. The first-order valence-corrected chi connectivity index (χ1v) is 7.66. The summed E-state index contributed by atoms with van der Waals surface area (Å²) in [6, 6.07) is 0. The van der Waals surface area contributed by atoms with Gasteiger partial charge < -0.3 is 10.6 Å². The Morgan fingerprint density at radius 2 is 1.84 bits per heavy atom. The van der Waals surface area contributed by atoms with Crippen LogP contribution in [0.25, 0.3) is 0 Å². The highest BCUT2D eigenvalue weighted by atomic mass is 15.1. The van der Waals surface area contributed by atoms with Crippen molar-refractivity contribution in [1.82, 2.24) is 9.97 Å². The molecule has 0 bridgehead atoms. The van der Waals surface area contributed by atoms with Crippen molar-refractivity contribution in [2.24, 2.45) is 5.92 Å². The maximum Gasteiger partial charge on any atom is 0.134 e. The van der Waals surface area contributed by atoms with Gasteiger partial charge in [-0.15, -0.1) is 0 Å². The van der Waals surface area contributed by atoms with Gasteiger partial charge in [-0.25, -0.2) is 9.97 Å². The summed E-state index contributed by atoms with van der Waals surface area (Å²) in [5.41, 5.74) is 1.25. The maximum absolute atomic E-state index is 4.43. The molecule has 1 aliphatic rings. The van der Waals surface area contributed by atoms with Crippen LogP contribution in [0.2, 0.25) is 0 Å². The van der Waals surface area contributed by atoms with Gasteiger partial charge in [-0.2, -0.15) is 0 Å². The van der Waals surface area contributed by atoms with Gasteiger partial charge in [0, 0.05) is 18.7 Å². The monoisotopic (exact) mass is 262 g/mol. The largest absolute Gasteiger partial charge is 0.370 e. The molecule has 0 aromatic carbocycles. The number of rotatable bonds is 8. The van der Waals surface area contributed by atoms with E-state index in [0.717, 1.165) is 49.9 Å². The molecule has 1 aliphatic carbocycles. The summed E-state index contributed by atoms with van der Waals surface area (Å²) in [7, 11) is 0. The molecule has 0 radical (unpaired) electrons. The van der Waals surface area contributed by atoms with Gasteiger partial charge >= 0.3 is 0 Å². The molecule has 1 aromatic rings. The second kappa shape index (κ2) is 7.31. The second-order valence-electron chi connectivity index (χ2n) is 5.40. The van der Waals surface area contributed by atoms with Crippen LogP contribution in [0.15, 0.2) is 6.33 Å². The average Bonchev–Trinajstić information content (AvgIpc) is 2.37. The molecule has 1 aromatic heterocycles. The maximum atomic E-state index is 4.43. The van der Waals surface area contributed by atoms with Gasteiger partial charge in [-0.1, -0.05) is 26.7 Å². The topological polar surface area (TPSA) is 49.8 Å². The minimum atomic E-state index is 0.844. The smallest absolute Gasteiger partial charge is 0.134 e. The van der Waals surface area contributed by atoms with E-state index >= 15 is 0 Å². The predicted octanol–water partition coefficient (Wildman–Crippen LogP) is 3.46.